The Hall–Kier alpha value is -3.32. The molecule has 3 aromatic rings. The normalized spacial score (nSPS) is 16.2. The summed E-state index contributed by atoms with van der Waals surface area (Å²) in [6.45, 7) is 3.64. The second-order valence-corrected chi connectivity index (χ2v) is 7.77. The lowest BCUT2D eigenvalue weighted by Gasteiger charge is -2.24. The summed E-state index contributed by atoms with van der Waals surface area (Å²) >= 11 is 1.26. The van der Waals surface area contributed by atoms with E-state index >= 15 is 0 Å². The molecule has 1 atom stereocenters. The van der Waals surface area contributed by atoms with E-state index < -0.39 is 17.8 Å². The molecular formula is C23H19FN2O3S. The van der Waals surface area contributed by atoms with Crippen LogP contribution in [0.25, 0.3) is 6.08 Å². The average molecular weight is 422 g/mol. The molecule has 152 valence electrons. The number of hydrogen-bond donors (Lipinski definition) is 0. The molecule has 4 rings (SSSR count). The number of ether oxygens (including phenoxy) is 1. The van der Waals surface area contributed by atoms with Gasteiger partial charge in [0.1, 0.15) is 5.82 Å². The summed E-state index contributed by atoms with van der Waals surface area (Å²) in [6, 6.07) is 14.6. The van der Waals surface area contributed by atoms with Gasteiger partial charge in [0.2, 0.25) is 0 Å². The number of benzene rings is 2. The summed E-state index contributed by atoms with van der Waals surface area (Å²) in [5.41, 5.74) is 2.01. The quantitative estimate of drug-likeness (QED) is 0.608. The van der Waals surface area contributed by atoms with Gasteiger partial charge in [-0.1, -0.05) is 53.8 Å². The molecule has 30 heavy (non-hydrogen) atoms. The van der Waals surface area contributed by atoms with Crippen molar-refractivity contribution >= 4 is 23.4 Å². The second kappa shape index (κ2) is 8.20. The van der Waals surface area contributed by atoms with Crippen molar-refractivity contribution in [3.05, 3.63) is 102 Å². The Morgan fingerprint density at radius 2 is 1.90 bits per heavy atom. The monoisotopic (exact) mass is 422 g/mol. The molecule has 0 fully saturated rings. The van der Waals surface area contributed by atoms with Crippen LogP contribution in [0.4, 0.5) is 4.39 Å². The number of rotatable bonds is 4. The number of carbonyl (C=O) groups is 1. The van der Waals surface area contributed by atoms with Crippen molar-refractivity contribution in [2.75, 3.05) is 6.61 Å². The molecule has 0 saturated heterocycles. The molecule has 0 aliphatic carbocycles. The fourth-order valence-electron chi connectivity index (χ4n) is 3.45. The topological polar surface area (TPSA) is 60.7 Å². The Balaban J connectivity index is 1.96. The van der Waals surface area contributed by atoms with E-state index in [1.165, 1.54) is 28.0 Å². The molecule has 1 aliphatic heterocycles. The molecule has 0 radical (unpaired) electrons. The first-order chi connectivity index (χ1) is 14.5. The van der Waals surface area contributed by atoms with Crippen molar-refractivity contribution in [3.63, 3.8) is 0 Å². The average Bonchev–Trinajstić information content (AvgIpc) is 3.03. The van der Waals surface area contributed by atoms with Crippen LogP contribution in [0.5, 0.6) is 0 Å². The van der Waals surface area contributed by atoms with Crippen LogP contribution in [0, 0.1) is 5.82 Å². The first-order valence-electron chi connectivity index (χ1n) is 9.49. The summed E-state index contributed by atoms with van der Waals surface area (Å²) in [4.78, 5) is 31.1. The van der Waals surface area contributed by atoms with Crippen LogP contribution in [0.1, 0.15) is 31.0 Å². The first-order valence-corrected chi connectivity index (χ1v) is 10.3. The molecule has 0 N–H and O–H groups in total. The van der Waals surface area contributed by atoms with Crippen LogP contribution in [0.2, 0.25) is 0 Å². The van der Waals surface area contributed by atoms with E-state index in [1.807, 2.05) is 30.3 Å². The maximum atomic E-state index is 13.5. The van der Waals surface area contributed by atoms with Crippen LogP contribution < -0.4 is 14.9 Å². The smallest absolute Gasteiger partial charge is 0.338 e. The minimum absolute atomic E-state index is 0.199. The highest BCUT2D eigenvalue weighted by molar-refractivity contribution is 7.07. The Labute approximate surface area is 176 Å². The highest BCUT2D eigenvalue weighted by Gasteiger charge is 2.33. The van der Waals surface area contributed by atoms with Gasteiger partial charge in [0.15, 0.2) is 4.80 Å². The fraction of sp³-hybridized carbons (Fsp3) is 0.174. The zero-order valence-electron chi connectivity index (χ0n) is 16.5. The van der Waals surface area contributed by atoms with Crippen molar-refractivity contribution < 1.29 is 13.9 Å². The van der Waals surface area contributed by atoms with Crippen molar-refractivity contribution in [2.24, 2.45) is 4.99 Å². The van der Waals surface area contributed by atoms with Crippen LogP contribution in [-0.4, -0.2) is 17.1 Å². The summed E-state index contributed by atoms with van der Waals surface area (Å²) < 4.78 is 20.8. The number of allylic oxidation sites excluding steroid dienone is 1. The number of aromatic nitrogens is 1. The predicted molar refractivity (Wildman–Crippen MR) is 113 cm³/mol. The molecule has 0 saturated carbocycles. The van der Waals surface area contributed by atoms with Crippen molar-refractivity contribution in [1.29, 1.82) is 0 Å². The number of hydrogen-bond acceptors (Lipinski definition) is 5. The molecule has 0 bridgehead atoms. The predicted octanol–water partition coefficient (Wildman–Crippen LogP) is 2.94. The molecule has 5 nitrogen and oxygen atoms in total. The van der Waals surface area contributed by atoms with E-state index in [1.54, 1.807) is 32.1 Å². The van der Waals surface area contributed by atoms with Crippen molar-refractivity contribution in [1.82, 2.24) is 4.57 Å². The van der Waals surface area contributed by atoms with E-state index in [9.17, 15) is 14.0 Å². The van der Waals surface area contributed by atoms with E-state index in [0.717, 1.165) is 5.56 Å². The molecule has 2 aromatic carbocycles. The number of nitrogens with zero attached hydrogens (tertiary/aromatic N) is 2. The maximum Gasteiger partial charge on any atom is 0.338 e. The number of fused-ring (bicyclic) bond motifs is 1. The lowest BCUT2D eigenvalue weighted by molar-refractivity contribution is -0.139. The van der Waals surface area contributed by atoms with E-state index in [-0.39, 0.29) is 17.7 Å². The van der Waals surface area contributed by atoms with Gasteiger partial charge in [-0.25, -0.2) is 14.2 Å². The minimum Gasteiger partial charge on any atom is -0.463 e. The Bertz CT molecular complexity index is 1310. The van der Waals surface area contributed by atoms with Gasteiger partial charge in [-0.3, -0.25) is 9.36 Å². The van der Waals surface area contributed by atoms with Gasteiger partial charge in [-0.2, -0.15) is 0 Å². The zero-order valence-corrected chi connectivity index (χ0v) is 17.3. The lowest BCUT2D eigenvalue weighted by atomic mass is 9.96. The van der Waals surface area contributed by atoms with Crippen LogP contribution in [-0.2, 0) is 9.53 Å². The van der Waals surface area contributed by atoms with Crippen molar-refractivity contribution in [2.45, 2.75) is 19.9 Å². The standard InChI is InChI=1S/C23H19FN2O3S/c1-3-29-22(28)19-14(2)25-23-26(20(19)16-9-11-17(24)12-10-16)21(27)18(30-23)13-15-7-5-4-6-8-15/h4-13,20H,3H2,1-2H3/t20-/m0/s1. The third kappa shape index (κ3) is 3.64. The first kappa shape index (κ1) is 20.0. The molecule has 7 heteroatoms. The summed E-state index contributed by atoms with van der Waals surface area (Å²) in [5, 5.41) is 0. The number of esters is 1. The van der Waals surface area contributed by atoms with Crippen LogP contribution in [0.15, 0.2) is 75.7 Å². The van der Waals surface area contributed by atoms with Gasteiger partial charge in [0, 0.05) is 0 Å². The SMILES string of the molecule is CCOC(=O)C1=C(C)N=c2sc(=Cc3ccccc3)c(=O)n2[C@H]1c1ccc(F)cc1. The van der Waals surface area contributed by atoms with Gasteiger partial charge in [0.25, 0.3) is 5.56 Å². The molecule has 0 spiro atoms. The van der Waals surface area contributed by atoms with Gasteiger partial charge < -0.3 is 4.74 Å². The molecule has 0 unspecified atom stereocenters. The largest absolute Gasteiger partial charge is 0.463 e. The highest BCUT2D eigenvalue weighted by Crippen LogP contribution is 2.30. The summed E-state index contributed by atoms with van der Waals surface area (Å²) in [6.07, 6.45) is 1.80. The Kier molecular flexibility index (Phi) is 5.46. The van der Waals surface area contributed by atoms with Crippen LogP contribution >= 0.6 is 11.3 Å². The molecular weight excluding hydrogens is 403 g/mol. The van der Waals surface area contributed by atoms with Crippen molar-refractivity contribution in [3.8, 4) is 0 Å². The van der Waals surface area contributed by atoms with E-state index in [2.05, 4.69) is 4.99 Å². The number of halogens is 1. The second-order valence-electron chi connectivity index (χ2n) is 6.76. The Morgan fingerprint density at radius 3 is 2.57 bits per heavy atom. The molecule has 0 amide bonds. The van der Waals surface area contributed by atoms with Crippen LogP contribution in [0.3, 0.4) is 0 Å². The highest BCUT2D eigenvalue weighted by atomic mass is 32.1. The molecule has 1 aromatic heterocycles. The van der Waals surface area contributed by atoms with Gasteiger partial charge >= 0.3 is 5.97 Å². The maximum absolute atomic E-state index is 13.5. The third-order valence-corrected chi connectivity index (χ3v) is 5.78. The lowest BCUT2D eigenvalue weighted by Crippen LogP contribution is -2.39. The van der Waals surface area contributed by atoms with E-state index in [4.69, 9.17) is 4.74 Å². The van der Waals surface area contributed by atoms with Gasteiger partial charge in [-0.05, 0) is 43.2 Å². The Morgan fingerprint density at radius 1 is 1.20 bits per heavy atom. The van der Waals surface area contributed by atoms with Gasteiger partial charge in [0.05, 0.1) is 28.5 Å². The van der Waals surface area contributed by atoms with E-state index in [0.29, 0.717) is 20.6 Å². The fourth-order valence-corrected chi connectivity index (χ4v) is 4.50. The zero-order chi connectivity index (χ0) is 21.3. The summed E-state index contributed by atoms with van der Waals surface area (Å²) in [7, 11) is 0. The summed E-state index contributed by atoms with van der Waals surface area (Å²) in [5.74, 6) is -0.931. The third-order valence-electron chi connectivity index (χ3n) is 4.80. The minimum atomic E-state index is -0.737. The number of thiazole rings is 1. The van der Waals surface area contributed by atoms with Gasteiger partial charge in [-0.15, -0.1) is 0 Å². The molecule has 1 aliphatic rings. The molecule has 2 heterocycles. The number of carbonyl (C=O) groups excluding carboxylic acids is 1.